The van der Waals surface area contributed by atoms with E-state index in [9.17, 15) is 4.79 Å². The first-order chi connectivity index (χ1) is 6.74. The molecule has 2 rings (SSSR count). The lowest BCUT2D eigenvalue weighted by atomic mass is 10.4. The zero-order valence-corrected chi connectivity index (χ0v) is 8.08. The number of pyridine rings is 1. The molecule has 0 saturated carbocycles. The van der Waals surface area contributed by atoms with Crippen molar-refractivity contribution in [3.8, 4) is 0 Å². The molecule has 0 amide bonds. The Hall–Kier alpha value is -1.55. The van der Waals surface area contributed by atoms with Crippen LogP contribution in [-0.4, -0.2) is 14.5 Å². The number of nitrogens with zero attached hydrogens (tertiary/aromatic N) is 2. The zero-order chi connectivity index (χ0) is 10.1. The van der Waals surface area contributed by atoms with Crippen LogP contribution >= 0.6 is 11.6 Å². The van der Waals surface area contributed by atoms with Crippen molar-refractivity contribution in [1.82, 2.24) is 14.5 Å². The number of halogens is 1. The van der Waals surface area contributed by atoms with E-state index in [2.05, 4.69) is 16.5 Å². The molecule has 0 aliphatic rings. The molecule has 4 nitrogen and oxygen atoms in total. The van der Waals surface area contributed by atoms with Gasteiger partial charge in [0.1, 0.15) is 5.52 Å². The molecule has 0 aliphatic carbocycles. The van der Waals surface area contributed by atoms with Gasteiger partial charge < -0.3 is 4.98 Å². The fraction of sp³-hybridized carbons (Fsp3) is 0.111. The van der Waals surface area contributed by atoms with E-state index in [0.29, 0.717) is 17.2 Å². The maximum atomic E-state index is 11.5. The summed E-state index contributed by atoms with van der Waals surface area (Å²) in [4.78, 5) is 18.0. The third-order valence-electron chi connectivity index (χ3n) is 1.96. The van der Waals surface area contributed by atoms with Crippen molar-refractivity contribution in [2.75, 3.05) is 0 Å². The second-order valence-electron chi connectivity index (χ2n) is 2.83. The summed E-state index contributed by atoms with van der Waals surface area (Å²) >= 11 is 5.82. The molecule has 14 heavy (non-hydrogen) atoms. The van der Waals surface area contributed by atoms with E-state index in [1.807, 2.05) is 0 Å². The van der Waals surface area contributed by atoms with Crippen LogP contribution in [0.25, 0.3) is 11.0 Å². The van der Waals surface area contributed by atoms with Gasteiger partial charge in [0.05, 0.1) is 5.52 Å². The molecule has 2 aromatic heterocycles. The minimum atomic E-state index is -0.199. The average molecular weight is 210 g/mol. The molecule has 72 valence electrons. The molecular weight excluding hydrogens is 202 g/mol. The van der Waals surface area contributed by atoms with Crippen LogP contribution in [0.4, 0.5) is 0 Å². The summed E-state index contributed by atoms with van der Waals surface area (Å²) in [7, 11) is 0. The normalized spacial score (nSPS) is 10.6. The first-order valence-electron chi connectivity index (χ1n) is 4.08. The van der Waals surface area contributed by atoms with E-state index in [1.165, 1.54) is 0 Å². The van der Waals surface area contributed by atoms with E-state index in [0.717, 1.165) is 5.52 Å². The van der Waals surface area contributed by atoms with Crippen LogP contribution in [0.2, 0.25) is 5.15 Å². The molecule has 0 spiro atoms. The van der Waals surface area contributed by atoms with E-state index in [1.54, 1.807) is 22.9 Å². The lowest BCUT2D eigenvalue weighted by Crippen LogP contribution is -2.15. The smallest absolute Gasteiger partial charge is 0.303 e. The molecule has 0 saturated heterocycles. The second kappa shape index (κ2) is 3.31. The Labute approximate surface area is 84.8 Å². The van der Waals surface area contributed by atoms with Gasteiger partial charge in [-0.05, 0) is 6.07 Å². The van der Waals surface area contributed by atoms with Crippen LogP contribution in [0.1, 0.15) is 0 Å². The molecule has 0 aliphatic heterocycles. The van der Waals surface area contributed by atoms with Gasteiger partial charge in [0.25, 0.3) is 0 Å². The predicted octanol–water partition coefficient (Wildman–Crippen LogP) is 1.56. The van der Waals surface area contributed by atoms with Crippen LogP contribution < -0.4 is 5.69 Å². The molecule has 2 heterocycles. The largest absolute Gasteiger partial charge is 0.326 e. The number of hydrogen-bond donors (Lipinski definition) is 1. The number of hydrogen-bond acceptors (Lipinski definition) is 2. The maximum Gasteiger partial charge on any atom is 0.326 e. The van der Waals surface area contributed by atoms with Crippen LogP contribution in [0.3, 0.4) is 0 Å². The Bertz CT molecular complexity index is 540. The van der Waals surface area contributed by atoms with Crippen LogP contribution in [0.15, 0.2) is 29.7 Å². The van der Waals surface area contributed by atoms with E-state index in [4.69, 9.17) is 11.6 Å². The second-order valence-corrected chi connectivity index (χ2v) is 3.18. The monoisotopic (exact) mass is 209 g/mol. The fourth-order valence-electron chi connectivity index (χ4n) is 1.36. The average Bonchev–Trinajstić information content (AvgIpc) is 2.47. The number of imidazole rings is 1. The minimum absolute atomic E-state index is 0.199. The molecule has 0 atom stereocenters. The van der Waals surface area contributed by atoms with Crippen LogP contribution in [0, 0.1) is 0 Å². The summed E-state index contributed by atoms with van der Waals surface area (Å²) in [5.74, 6) is 0. The van der Waals surface area contributed by atoms with Crippen molar-refractivity contribution in [3.63, 3.8) is 0 Å². The zero-order valence-electron chi connectivity index (χ0n) is 7.33. The van der Waals surface area contributed by atoms with Crippen molar-refractivity contribution >= 4 is 22.6 Å². The van der Waals surface area contributed by atoms with Gasteiger partial charge in [-0.3, -0.25) is 4.57 Å². The van der Waals surface area contributed by atoms with E-state index in [-0.39, 0.29) is 5.69 Å². The van der Waals surface area contributed by atoms with E-state index >= 15 is 0 Å². The number of aromatic amines is 1. The first kappa shape index (κ1) is 9.02. The number of rotatable bonds is 2. The summed E-state index contributed by atoms with van der Waals surface area (Å²) < 4.78 is 1.55. The minimum Gasteiger partial charge on any atom is -0.303 e. The highest BCUT2D eigenvalue weighted by molar-refractivity contribution is 6.33. The molecule has 5 heteroatoms. The number of aromatic nitrogens is 3. The third kappa shape index (κ3) is 1.24. The highest BCUT2D eigenvalue weighted by Gasteiger charge is 2.07. The summed E-state index contributed by atoms with van der Waals surface area (Å²) in [6.45, 7) is 4.04. The highest BCUT2D eigenvalue weighted by Crippen LogP contribution is 2.16. The summed E-state index contributed by atoms with van der Waals surface area (Å²) in [6.07, 6.45) is 3.22. The quantitative estimate of drug-likeness (QED) is 0.603. The molecule has 0 unspecified atom stereocenters. The Balaban J connectivity index is 2.83. The molecule has 0 aromatic carbocycles. The fourth-order valence-corrected chi connectivity index (χ4v) is 1.56. The summed E-state index contributed by atoms with van der Waals surface area (Å²) in [5.41, 5.74) is 1.12. The van der Waals surface area contributed by atoms with Gasteiger partial charge in [0.15, 0.2) is 5.15 Å². The number of H-pyrrole nitrogens is 1. The lowest BCUT2D eigenvalue weighted by Gasteiger charge is -1.97. The molecule has 0 fully saturated rings. The van der Waals surface area contributed by atoms with Crippen molar-refractivity contribution in [2.24, 2.45) is 0 Å². The van der Waals surface area contributed by atoms with Gasteiger partial charge >= 0.3 is 5.69 Å². The molecule has 0 bridgehead atoms. The van der Waals surface area contributed by atoms with Gasteiger partial charge in [-0.15, -0.1) is 6.58 Å². The maximum absolute atomic E-state index is 11.5. The predicted molar refractivity (Wildman–Crippen MR) is 55.6 cm³/mol. The topological polar surface area (TPSA) is 50.7 Å². The Morgan fingerprint density at radius 1 is 1.71 bits per heavy atom. The number of allylic oxidation sites excluding steroid dienone is 1. The van der Waals surface area contributed by atoms with Crippen molar-refractivity contribution in [2.45, 2.75) is 6.54 Å². The summed E-state index contributed by atoms with van der Waals surface area (Å²) in [5, 5.41) is 0.308. The lowest BCUT2D eigenvalue weighted by molar-refractivity contribution is 0.809. The Kier molecular flexibility index (Phi) is 2.13. The van der Waals surface area contributed by atoms with Crippen LogP contribution in [-0.2, 0) is 6.54 Å². The molecule has 0 radical (unpaired) electrons. The standard InChI is InChI=1S/C9H8ClN3O/c1-2-5-13-6-3-4-11-8(10)7(6)12-9(13)14/h2-4H,1,5H2,(H,12,14). The Morgan fingerprint density at radius 2 is 2.50 bits per heavy atom. The Morgan fingerprint density at radius 3 is 3.21 bits per heavy atom. The number of nitrogens with one attached hydrogen (secondary N) is 1. The molecule has 2 aromatic rings. The third-order valence-corrected chi connectivity index (χ3v) is 2.25. The first-order valence-corrected chi connectivity index (χ1v) is 4.45. The van der Waals surface area contributed by atoms with Gasteiger partial charge in [-0.2, -0.15) is 0 Å². The summed E-state index contributed by atoms with van der Waals surface area (Å²) in [6, 6.07) is 1.74. The highest BCUT2D eigenvalue weighted by atomic mass is 35.5. The van der Waals surface area contributed by atoms with Gasteiger partial charge in [-0.25, -0.2) is 9.78 Å². The molecular formula is C9H8ClN3O. The SMILES string of the molecule is C=CCn1c(=O)[nH]c2c(Cl)nccc21. The van der Waals surface area contributed by atoms with Crippen LogP contribution in [0.5, 0.6) is 0 Å². The van der Waals surface area contributed by atoms with Gasteiger partial charge in [0, 0.05) is 12.7 Å². The van der Waals surface area contributed by atoms with Crippen molar-refractivity contribution in [3.05, 3.63) is 40.6 Å². The van der Waals surface area contributed by atoms with Gasteiger partial charge in [-0.1, -0.05) is 17.7 Å². The van der Waals surface area contributed by atoms with Crippen molar-refractivity contribution < 1.29 is 0 Å². The van der Waals surface area contributed by atoms with Crippen molar-refractivity contribution in [1.29, 1.82) is 0 Å². The van der Waals surface area contributed by atoms with Gasteiger partial charge in [0.2, 0.25) is 0 Å². The molecule has 1 N–H and O–H groups in total. The number of fused-ring (bicyclic) bond motifs is 1. The van der Waals surface area contributed by atoms with E-state index < -0.39 is 0 Å².